The molecule has 8 nitrogen and oxygen atoms in total. The van der Waals surface area contributed by atoms with Crippen LogP contribution in [0.4, 0.5) is 23.3 Å². The molecule has 1 amide bonds. The van der Waals surface area contributed by atoms with Gasteiger partial charge in [0, 0.05) is 48.0 Å². The van der Waals surface area contributed by atoms with E-state index >= 15 is 4.39 Å². The molecule has 0 saturated carbocycles. The van der Waals surface area contributed by atoms with Crippen molar-refractivity contribution in [1.82, 2.24) is 4.98 Å². The fourth-order valence-corrected chi connectivity index (χ4v) is 5.81. The van der Waals surface area contributed by atoms with Gasteiger partial charge in [0.05, 0.1) is 19.3 Å². The molecule has 12 heteroatoms. The summed E-state index contributed by atoms with van der Waals surface area (Å²) in [6.07, 6.45) is 4.01. The van der Waals surface area contributed by atoms with Crippen LogP contribution >= 0.6 is 11.3 Å². The lowest BCUT2D eigenvalue weighted by Gasteiger charge is -2.28. The first-order chi connectivity index (χ1) is 20.6. The van der Waals surface area contributed by atoms with Crippen molar-refractivity contribution in [2.75, 3.05) is 43.6 Å². The Hall–Kier alpha value is -3.74. The van der Waals surface area contributed by atoms with Gasteiger partial charge in [-0.1, -0.05) is 49.7 Å². The van der Waals surface area contributed by atoms with E-state index in [1.807, 2.05) is 4.90 Å². The number of unbranched alkanes of at least 4 members (excludes halogenated alkanes) is 2. The number of carbonyl (C=O) groups is 2. The number of methoxy groups -OCH3 is 1. The lowest BCUT2D eigenvalue weighted by atomic mass is 9.99. The lowest BCUT2D eigenvalue weighted by Crippen LogP contribution is -2.36. The highest BCUT2D eigenvalue weighted by atomic mass is 32.1. The minimum absolute atomic E-state index is 0.115. The summed E-state index contributed by atoms with van der Waals surface area (Å²) in [5.74, 6) is -4.81. The number of carbonyl (C=O) groups excluding carboxylic acids is 1. The second-order valence-electron chi connectivity index (χ2n) is 10.1. The van der Waals surface area contributed by atoms with Gasteiger partial charge in [0.15, 0.2) is 5.13 Å². The number of nitrogens with zero attached hydrogens (tertiary/aromatic N) is 2. The van der Waals surface area contributed by atoms with Crippen molar-refractivity contribution in [1.29, 1.82) is 0 Å². The Kier molecular flexibility index (Phi) is 10.9. The average Bonchev–Trinajstić information content (AvgIpc) is 3.41. The third-order valence-corrected chi connectivity index (χ3v) is 8.18. The molecule has 3 aromatic rings. The molecule has 0 radical (unpaired) electrons. The number of thiazole rings is 1. The van der Waals surface area contributed by atoms with E-state index in [1.54, 1.807) is 25.3 Å². The van der Waals surface area contributed by atoms with Crippen LogP contribution in [0, 0.1) is 17.5 Å². The number of benzene rings is 2. The number of hydrogen-bond donors (Lipinski definition) is 2. The maximum Gasteiger partial charge on any atom is 0.331 e. The Morgan fingerprint density at radius 1 is 1.19 bits per heavy atom. The summed E-state index contributed by atoms with van der Waals surface area (Å²) in [7, 11) is 1.56. The first-order valence-corrected chi connectivity index (χ1v) is 14.8. The second-order valence-corrected chi connectivity index (χ2v) is 11.1. The topological polar surface area (TPSA) is 101 Å². The molecular formula is C31H34F3N3O5S. The van der Waals surface area contributed by atoms with Gasteiger partial charge in [-0.15, -0.1) is 0 Å². The van der Waals surface area contributed by atoms with Crippen molar-refractivity contribution in [2.24, 2.45) is 0 Å². The van der Waals surface area contributed by atoms with Gasteiger partial charge in [-0.25, -0.2) is 22.9 Å². The van der Waals surface area contributed by atoms with E-state index in [2.05, 4.69) is 17.2 Å². The summed E-state index contributed by atoms with van der Waals surface area (Å²) >= 11 is 1.12. The van der Waals surface area contributed by atoms with Crippen LogP contribution in [0.1, 0.15) is 67.1 Å². The Morgan fingerprint density at radius 2 is 1.88 bits per heavy atom. The SMILES string of the molecule is CCCCCC(OC)c1cccc(-c2nc(NC(=O)c3cc(F)c(C=C(C)C(=O)O)c(F)c3)sc2N2CCOCC2)c1F. The van der Waals surface area contributed by atoms with Gasteiger partial charge in [-0.2, -0.15) is 0 Å². The predicted octanol–water partition coefficient (Wildman–Crippen LogP) is 7.07. The number of aliphatic carboxylic acids is 1. The third-order valence-electron chi connectivity index (χ3n) is 7.15. The zero-order valence-electron chi connectivity index (χ0n) is 24.2. The number of anilines is 2. The lowest BCUT2D eigenvalue weighted by molar-refractivity contribution is -0.132. The normalized spacial score (nSPS) is 14.6. The van der Waals surface area contributed by atoms with Gasteiger partial charge in [0.2, 0.25) is 0 Å². The number of halogens is 3. The zero-order valence-corrected chi connectivity index (χ0v) is 25.0. The number of carboxylic acid groups (broad SMARTS) is 1. The van der Waals surface area contributed by atoms with E-state index in [4.69, 9.17) is 14.6 Å². The maximum atomic E-state index is 16.1. The quantitative estimate of drug-likeness (QED) is 0.166. The molecule has 2 N–H and O–H groups in total. The smallest absolute Gasteiger partial charge is 0.331 e. The Morgan fingerprint density at radius 3 is 2.51 bits per heavy atom. The fourth-order valence-electron chi connectivity index (χ4n) is 4.78. The first kappa shape index (κ1) is 32.2. The number of nitrogens with one attached hydrogen (secondary N) is 1. The van der Waals surface area contributed by atoms with Gasteiger partial charge in [-0.3, -0.25) is 10.1 Å². The summed E-state index contributed by atoms with van der Waals surface area (Å²) in [6, 6.07) is 6.71. The van der Waals surface area contributed by atoms with Crippen molar-refractivity contribution < 1.29 is 37.3 Å². The number of rotatable bonds is 12. The Labute approximate surface area is 252 Å². The molecule has 0 aliphatic carbocycles. The second kappa shape index (κ2) is 14.6. The zero-order chi connectivity index (χ0) is 31.1. The van der Waals surface area contributed by atoms with Crippen LogP contribution in [0.2, 0.25) is 0 Å². The molecule has 2 aromatic carbocycles. The highest BCUT2D eigenvalue weighted by Crippen LogP contribution is 2.42. The Bertz CT molecular complexity index is 1480. The van der Waals surface area contributed by atoms with Crippen LogP contribution in [0.15, 0.2) is 35.9 Å². The number of morpholine rings is 1. The van der Waals surface area contributed by atoms with E-state index in [0.717, 1.165) is 48.8 Å². The molecule has 1 aliphatic heterocycles. The highest BCUT2D eigenvalue weighted by Gasteiger charge is 2.26. The molecule has 4 rings (SSSR count). The van der Waals surface area contributed by atoms with Crippen molar-refractivity contribution in [3.63, 3.8) is 0 Å². The number of aromatic nitrogens is 1. The van der Waals surface area contributed by atoms with Crippen LogP contribution in [-0.4, -0.2) is 55.4 Å². The molecule has 1 aromatic heterocycles. The summed E-state index contributed by atoms with van der Waals surface area (Å²) in [6.45, 7) is 5.29. The van der Waals surface area contributed by atoms with Crippen LogP contribution in [0.25, 0.3) is 17.3 Å². The van der Waals surface area contributed by atoms with Crippen molar-refractivity contribution in [3.05, 3.63) is 70.0 Å². The summed E-state index contributed by atoms with van der Waals surface area (Å²) in [5, 5.41) is 12.3. The minimum Gasteiger partial charge on any atom is -0.478 e. The molecule has 1 unspecified atom stereocenters. The van der Waals surface area contributed by atoms with Crippen LogP contribution in [-0.2, 0) is 14.3 Å². The van der Waals surface area contributed by atoms with Gasteiger partial charge < -0.3 is 19.5 Å². The molecule has 1 atom stereocenters. The van der Waals surface area contributed by atoms with Gasteiger partial charge in [0.25, 0.3) is 5.91 Å². The van der Waals surface area contributed by atoms with Crippen LogP contribution in [0.5, 0.6) is 0 Å². The van der Waals surface area contributed by atoms with Gasteiger partial charge in [0.1, 0.15) is 28.1 Å². The van der Waals surface area contributed by atoms with Gasteiger partial charge in [-0.05, 0) is 37.6 Å². The number of ether oxygens (including phenoxy) is 2. The number of hydrogen-bond acceptors (Lipinski definition) is 7. The molecular weight excluding hydrogens is 583 g/mol. The average molecular weight is 618 g/mol. The summed E-state index contributed by atoms with van der Waals surface area (Å²) in [5.41, 5.74) is -0.173. The maximum absolute atomic E-state index is 16.1. The summed E-state index contributed by atoms with van der Waals surface area (Å²) < 4.78 is 56.6. The molecule has 0 spiro atoms. The molecule has 43 heavy (non-hydrogen) atoms. The number of amides is 1. The fraction of sp³-hybridized carbons (Fsp3) is 0.387. The van der Waals surface area contributed by atoms with Crippen LogP contribution in [0.3, 0.4) is 0 Å². The van der Waals surface area contributed by atoms with E-state index in [-0.39, 0.29) is 21.8 Å². The number of carboxylic acids is 1. The largest absolute Gasteiger partial charge is 0.478 e. The van der Waals surface area contributed by atoms with E-state index < -0.39 is 41.0 Å². The van der Waals surface area contributed by atoms with E-state index in [9.17, 15) is 18.4 Å². The van der Waals surface area contributed by atoms with E-state index in [0.29, 0.717) is 49.0 Å². The first-order valence-electron chi connectivity index (χ1n) is 14.0. The Balaban J connectivity index is 1.68. The molecule has 1 aliphatic rings. The molecule has 2 heterocycles. The van der Waals surface area contributed by atoms with Crippen molar-refractivity contribution in [3.8, 4) is 11.3 Å². The van der Waals surface area contributed by atoms with Gasteiger partial charge >= 0.3 is 5.97 Å². The highest BCUT2D eigenvalue weighted by molar-refractivity contribution is 7.20. The molecule has 1 fully saturated rings. The van der Waals surface area contributed by atoms with Crippen molar-refractivity contribution >= 4 is 39.4 Å². The predicted molar refractivity (Wildman–Crippen MR) is 160 cm³/mol. The van der Waals surface area contributed by atoms with Crippen molar-refractivity contribution in [2.45, 2.75) is 45.6 Å². The molecule has 1 saturated heterocycles. The molecule has 230 valence electrons. The van der Waals surface area contributed by atoms with Crippen LogP contribution < -0.4 is 10.2 Å². The van der Waals surface area contributed by atoms with E-state index in [1.165, 1.54) is 6.92 Å². The monoisotopic (exact) mass is 617 g/mol. The third kappa shape index (κ3) is 7.62. The summed E-state index contributed by atoms with van der Waals surface area (Å²) in [4.78, 5) is 30.7. The standard InChI is InChI=1S/C31H34F3N3O5S/c1-4-5-6-10-25(41-3)20-8-7-9-21(26(20)34)27-29(37-11-13-42-14-12-37)43-31(35-27)36-28(38)19-16-23(32)22(24(33)17-19)15-18(2)30(39)40/h7-9,15-17,25H,4-6,10-14H2,1-3H3,(H,39,40)(H,35,36,38). The molecule has 0 bridgehead atoms. The minimum atomic E-state index is -1.33.